The molecule has 0 unspecified atom stereocenters. The van der Waals surface area contributed by atoms with Gasteiger partial charge in [0.25, 0.3) is 0 Å². The lowest BCUT2D eigenvalue weighted by molar-refractivity contribution is -0.147. The van der Waals surface area contributed by atoms with Crippen LogP contribution in [0.25, 0.3) is 0 Å². The zero-order chi connectivity index (χ0) is 22.8. The molecule has 30 heavy (non-hydrogen) atoms. The summed E-state index contributed by atoms with van der Waals surface area (Å²) >= 11 is 0. The third-order valence-corrected chi connectivity index (χ3v) is 4.15. The largest absolute Gasteiger partial charge is 0.463 e. The van der Waals surface area contributed by atoms with E-state index < -0.39 is 11.5 Å². The molecule has 0 bridgehead atoms. The minimum absolute atomic E-state index is 0.0109. The van der Waals surface area contributed by atoms with E-state index in [1.54, 1.807) is 19.9 Å². The van der Waals surface area contributed by atoms with Gasteiger partial charge in [0, 0.05) is 19.4 Å². The molecule has 0 heterocycles. The molecular formula is C22H38N2O6. The topological polar surface area (TPSA) is 114 Å². The average molecular weight is 427 g/mol. The molecule has 0 radical (unpaired) electrons. The van der Waals surface area contributed by atoms with Crippen LogP contribution in [0.3, 0.4) is 0 Å². The Morgan fingerprint density at radius 2 is 1.87 bits per heavy atom. The van der Waals surface area contributed by atoms with Crippen molar-refractivity contribution in [2.24, 2.45) is 5.92 Å². The van der Waals surface area contributed by atoms with Gasteiger partial charge in [-0.25, -0.2) is 0 Å². The monoisotopic (exact) mass is 426 g/mol. The van der Waals surface area contributed by atoms with E-state index >= 15 is 0 Å². The number of ether oxygens (including phenoxy) is 2. The van der Waals surface area contributed by atoms with Crippen molar-refractivity contribution in [3.63, 3.8) is 0 Å². The van der Waals surface area contributed by atoms with Crippen molar-refractivity contribution in [3.05, 3.63) is 25.3 Å². The fourth-order valence-corrected chi connectivity index (χ4v) is 2.57. The second-order valence-electron chi connectivity index (χ2n) is 7.68. The highest BCUT2D eigenvalue weighted by molar-refractivity contribution is 5.86. The van der Waals surface area contributed by atoms with Gasteiger partial charge < -0.3 is 25.2 Å². The number of amides is 2. The molecular weight excluding hydrogens is 388 g/mol. The van der Waals surface area contributed by atoms with Crippen molar-refractivity contribution in [1.29, 1.82) is 0 Å². The van der Waals surface area contributed by atoms with Gasteiger partial charge in [-0.1, -0.05) is 12.2 Å². The van der Waals surface area contributed by atoms with Crippen LogP contribution < -0.4 is 10.6 Å². The Labute approximate surface area is 180 Å². The predicted octanol–water partition coefficient (Wildman–Crippen LogP) is 1.88. The van der Waals surface area contributed by atoms with Crippen LogP contribution in [0.15, 0.2) is 25.3 Å². The average Bonchev–Trinajstić information content (AvgIpc) is 2.69. The molecule has 1 atom stereocenters. The van der Waals surface area contributed by atoms with E-state index in [1.807, 2.05) is 6.08 Å². The van der Waals surface area contributed by atoms with Gasteiger partial charge in [-0.2, -0.15) is 0 Å². The van der Waals surface area contributed by atoms with E-state index in [1.165, 1.54) is 0 Å². The molecule has 0 aromatic carbocycles. The molecule has 3 N–H and O–H groups in total. The van der Waals surface area contributed by atoms with E-state index in [0.717, 1.165) is 19.3 Å². The van der Waals surface area contributed by atoms with Gasteiger partial charge in [0.15, 0.2) is 0 Å². The highest BCUT2D eigenvalue weighted by Gasteiger charge is 2.28. The highest BCUT2D eigenvalue weighted by atomic mass is 16.5. The SMILES string of the molecule is C=CCCCCC(=O)OCC(C)(C)NC(=O)[C@H](CC=C)CC(=O)NCCOCCO. The Morgan fingerprint density at radius 1 is 1.13 bits per heavy atom. The summed E-state index contributed by atoms with van der Waals surface area (Å²) in [7, 11) is 0. The fourth-order valence-electron chi connectivity index (χ4n) is 2.57. The minimum Gasteiger partial charge on any atom is -0.463 e. The van der Waals surface area contributed by atoms with E-state index in [2.05, 4.69) is 23.8 Å². The zero-order valence-electron chi connectivity index (χ0n) is 18.4. The summed E-state index contributed by atoms with van der Waals surface area (Å²) in [5.74, 6) is -1.44. The first-order valence-electron chi connectivity index (χ1n) is 10.4. The molecule has 2 amide bonds. The molecule has 172 valence electrons. The van der Waals surface area contributed by atoms with Crippen molar-refractivity contribution in [2.75, 3.05) is 33.0 Å². The maximum Gasteiger partial charge on any atom is 0.305 e. The fraction of sp³-hybridized carbons (Fsp3) is 0.682. The first-order valence-corrected chi connectivity index (χ1v) is 10.4. The van der Waals surface area contributed by atoms with Crippen LogP contribution in [-0.2, 0) is 23.9 Å². The van der Waals surface area contributed by atoms with Crippen LogP contribution in [-0.4, -0.2) is 61.4 Å². The molecule has 8 nitrogen and oxygen atoms in total. The van der Waals surface area contributed by atoms with Crippen LogP contribution in [0.4, 0.5) is 0 Å². The smallest absolute Gasteiger partial charge is 0.305 e. The number of aliphatic hydroxyl groups is 1. The molecule has 0 saturated heterocycles. The van der Waals surface area contributed by atoms with Gasteiger partial charge in [0.1, 0.15) is 6.61 Å². The third-order valence-electron chi connectivity index (χ3n) is 4.15. The summed E-state index contributed by atoms with van der Waals surface area (Å²) in [6.45, 7) is 11.6. The summed E-state index contributed by atoms with van der Waals surface area (Å²) < 4.78 is 10.4. The molecule has 0 aliphatic rings. The quantitative estimate of drug-likeness (QED) is 0.175. The van der Waals surface area contributed by atoms with Gasteiger partial charge in [-0.15, -0.1) is 13.2 Å². The van der Waals surface area contributed by atoms with Crippen molar-refractivity contribution in [2.45, 2.75) is 57.9 Å². The predicted molar refractivity (Wildman–Crippen MR) is 116 cm³/mol. The Morgan fingerprint density at radius 3 is 2.50 bits per heavy atom. The Bertz CT molecular complexity index is 548. The number of allylic oxidation sites excluding steroid dienone is 2. The number of rotatable bonds is 18. The summed E-state index contributed by atoms with van der Waals surface area (Å²) in [4.78, 5) is 36.6. The number of hydrogen-bond donors (Lipinski definition) is 3. The number of carbonyl (C=O) groups is 3. The second-order valence-corrected chi connectivity index (χ2v) is 7.68. The molecule has 8 heteroatoms. The van der Waals surface area contributed by atoms with Crippen LogP contribution in [0.5, 0.6) is 0 Å². The summed E-state index contributed by atoms with van der Waals surface area (Å²) in [5.41, 5.74) is -0.762. The standard InChI is InChI=1S/C22H38N2O6/c1-5-7-8-9-11-20(27)30-17-22(3,4)24-21(28)18(10-6-2)16-19(26)23-12-14-29-15-13-25/h5-6,18,25H,1-2,7-17H2,3-4H3,(H,23,26)(H,24,28)/t18-/m1/s1. The number of esters is 1. The third kappa shape index (κ3) is 14.8. The van der Waals surface area contributed by atoms with E-state index in [4.69, 9.17) is 14.6 Å². The first kappa shape index (κ1) is 27.8. The molecule has 0 aromatic rings. The molecule has 0 aliphatic heterocycles. The lowest BCUT2D eigenvalue weighted by Gasteiger charge is -2.28. The molecule has 0 aromatic heterocycles. The summed E-state index contributed by atoms with van der Waals surface area (Å²) in [6, 6.07) is 0. The highest BCUT2D eigenvalue weighted by Crippen LogP contribution is 2.13. The zero-order valence-corrected chi connectivity index (χ0v) is 18.4. The lowest BCUT2D eigenvalue weighted by Crippen LogP contribution is -2.50. The van der Waals surface area contributed by atoms with Gasteiger partial charge in [0.05, 0.1) is 31.3 Å². The Hall–Kier alpha value is -2.19. The van der Waals surface area contributed by atoms with Crippen molar-refractivity contribution < 1.29 is 29.0 Å². The van der Waals surface area contributed by atoms with Crippen molar-refractivity contribution in [1.82, 2.24) is 10.6 Å². The minimum atomic E-state index is -0.762. The first-order chi connectivity index (χ1) is 14.3. The maximum atomic E-state index is 12.6. The molecule has 0 fully saturated rings. The molecule has 0 saturated carbocycles. The van der Waals surface area contributed by atoms with Crippen LogP contribution in [0.1, 0.15) is 52.4 Å². The molecule has 0 rings (SSSR count). The Kier molecular flexibility index (Phi) is 15.4. The van der Waals surface area contributed by atoms with Crippen molar-refractivity contribution >= 4 is 17.8 Å². The number of carbonyl (C=O) groups excluding carboxylic acids is 3. The Balaban J connectivity index is 4.44. The lowest BCUT2D eigenvalue weighted by atomic mass is 9.97. The second kappa shape index (κ2) is 16.6. The molecule has 0 aliphatic carbocycles. The van der Waals surface area contributed by atoms with Crippen LogP contribution in [0, 0.1) is 5.92 Å². The number of hydrogen-bond acceptors (Lipinski definition) is 6. The number of aliphatic hydroxyl groups excluding tert-OH is 1. The van der Waals surface area contributed by atoms with E-state index in [0.29, 0.717) is 19.4 Å². The maximum absolute atomic E-state index is 12.6. The van der Waals surface area contributed by atoms with Gasteiger partial charge >= 0.3 is 5.97 Å². The van der Waals surface area contributed by atoms with Gasteiger partial charge in [0.2, 0.25) is 11.8 Å². The number of unbranched alkanes of at least 4 members (excludes halogenated alkanes) is 2. The normalized spacial score (nSPS) is 12.0. The van der Waals surface area contributed by atoms with Crippen LogP contribution >= 0.6 is 0 Å². The van der Waals surface area contributed by atoms with Crippen LogP contribution in [0.2, 0.25) is 0 Å². The van der Waals surface area contributed by atoms with Crippen molar-refractivity contribution in [3.8, 4) is 0 Å². The summed E-state index contributed by atoms with van der Waals surface area (Å²) in [5, 5.41) is 14.2. The summed E-state index contributed by atoms with van der Waals surface area (Å²) in [6.07, 6.45) is 6.59. The van der Waals surface area contributed by atoms with E-state index in [9.17, 15) is 14.4 Å². The molecule has 0 spiro atoms. The van der Waals surface area contributed by atoms with Gasteiger partial charge in [-0.05, 0) is 39.5 Å². The number of nitrogens with one attached hydrogen (secondary N) is 2. The van der Waals surface area contributed by atoms with E-state index in [-0.39, 0.29) is 50.6 Å². The van der Waals surface area contributed by atoms with Gasteiger partial charge in [-0.3, -0.25) is 14.4 Å².